The number of furan rings is 1. The van der Waals surface area contributed by atoms with Gasteiger partial charge in [-0.05, 0) is 33.6 Å². The van der Waals surface area contributed by atoms with Gasteiger partial charge < -0.3 is 9.73 Å². The highest BCUT2D eigenvalue weighted by molar-refractivity contribution is 9.10. The summed E-state index contributed by atoms with van der Waals surface area (Å²) in [6, 6.07) is 13.6. The zero-order chi connectivity index (χ0) is 18.4. The number of amides is 1. The first-order valence-electron chi connectivity index (χ1n) is 7.73. The second-order valence-electron chi connectivity index (χ2n) is 5.25. The van der Waals surface area contributed by atoms with Crippen LogP contribution in [0.15, 0.2) is 56.7 Å². The summed E-state index contributed by atoms with van der Waals surface area (Å²) in [5, 5.41) is 11.7. The van der Waals surface area contributed by atoms with E-state index in [1.807, 2.05) is 41.0 Å². The summed E-state index contributed by atoms with van der Waals surface area (Å²) in [6.07, 6.45) is 5.15. The molecule has 0 saturated carbocycles. The van der Waals surface area contributed by atoms with Crippen LogP contribution >= 0.6 is 27.7 Å². The Morgan fingerprint density at radius 3 is 2.77 bits per heavy atom. The molecule has 0 aliphatic carbocycles. The van der Waals surface area contributed by atoms with Gasteiger partial charge in [-0.3, -0.25) is 9.36 Å². The fourth-order valence-corrected chi connectivity index (χ4v) is 3.33. The van der Waals surface area contributed by atoms with E-state index in [0.29, 0.717) is 28.0 Å². The van der Waals surface area contributed by atoms with Gasteiger partial charge in [0.15, 0.2) is 15.6 Å². The number of nitrogens with zero attached hydrogens (tertiary/aromatic N) is 3. The van der Waals surface area contributed by atoms with Gasteiger partial charge in [0.25, 0.3) is 0 Å². The molecular weight excluding hydrogens is 416 g/mol. The number of carbonyl (C=O) groups excluding carboxylic acids is 1. The summed E-state index contributed by atoms with van der Waals surface area (Å²) >= 11 is 4.61. The number of hydrogen-bond acceptors (Lipinski definition) is 5. The third-order valence-electron chi connectivity index (χ3n) is 3.41. The lowest BCUT2D eigenvalue weighted by atomic mass is 10.2. The molecule has 0 aliphatic heterocycles. The van der Waals surface area contributed by atoms with E-state index in [4.69, 9.17) is 10.8 Å². The number of benzene rings is 1. The quantitative estimate of drug-likeness (QED) is 0.460. The lowest BCUT2D eigenvalue weighted by Gasteiger charge is -2.09. The van der Waals surface area contributed by atoms with E-state index < -0.39 is 0 Å². The average Bonchev–Trinajstić information content (AvgIpc) is 3.25. The van der Waals surface area contributed by atoms with Crippen molar-refractivity contribution < 1.29 is 9.21 Å². The SMILES string of the molecule is C#CCNC(=O)CSc1nnc(-c2ccc(Br)o2)n1Cc1ccccc1. The molecule has 132 valence electrons. The van der Waals surface area contributed by atoms with Crippen LogP contribution < -0.4 is 5.32 Å². The van der Waals surface area contributed by atoms with Crippen LogP contribution in [0.3, 0.4) is 0 Å². The molecular formula is C18H15BrN4O2S. The van der Waals surface area contributed by atoms with Gasteiger partial charge in [0.05, 0.1) is 18.8 Å². The third kappa shape index (κ3) is 4.56. The van der Waals surface area contributed by atoms with E-state index in [1.54, 1.807) is 6.07 Å². The maximum atomic E-state index is 11.8. The molecule has 0 unspecified atom stereocenters. The lowest BCUT2D eigenvalue weighted by Crippen LogP contribution is -2.25. The summed E-state index contributed by atoms with van der Waals surface area (Å²) in [7, 11) is 0. The van der Waals surface area contributed by atoms with E-state index in [2.05, 4.69) is 37.4 Å². The van der Waals surface area contributed by atoms with Crippen molar-refractivity contribution in [2.24, 2.45) is 0 Å². The predicted octanol–water partition coefficient (Wildman–Crippen LogP) is 3.19. The number of thioether (sulfide) groups is 1. The fourth-order valence-electron chi connectivity index (χ4n) is 2.25. The van der Waals surface area contributed by atoms with E-state index in [0.717, 1.165) is 5.56 Å². The molecule has 8 heteroatoms. The number of halogens is 1. The Kier molecular flexibility index (Phi) is 6.15. The lowest BCUT2D eigenvalue weighted by molar-refractivity contribution is -0.118. The van der Waals surface area contributed by atoms with Gasteiger partial charge in [0, 0.05) is 0 Å². The fraction of sp³-hybridized carbons (Fsp3) is 0.167. The van der Waals surface area contributed by atoms with Crippen molar-refractivity contribution in [3.8, 4) is 23.9 Å². The molecule has 0 atom stereocenters. The van der Waals surface area contributed by atoms with Gasteiger partial charge in [0.1, 0.15) is 0 Å². The molecule has 3 rings (SSSR count). The Bertz CT molecular complexity index is 930. The Hall–Kier alpha value is -2.50. The largest absolute Gasteiger partial charge is 0.446 e. The molecule has 0 fully saturated rings. The highest BCUT2D eigenvalue weighted by Crippen LogP contribution is 2.28. The van der Waals surface area contributed by atoms with Crippen LogP contribution in [0.5, 0.6) is 0 Å². The van der Waals surface area contributed by atoms with E-state index in [9.17, 15) is 4.79 Å². The third-order valence-corrected chi connectivity index (χ3v) is 4.81. The molecule has 1 N–H and O–H groups in total. The minimum atomic E-state index is -0.149. The van der Waals surface area contributed by atoms with E-state index in [-0.39, 0.29) is 18.2 Å². The Morgan fingerprint density at radius 1 is 1.27 bits per heavy atom. The van der Waals surface area contributed by atoms with Crippen LogP contribution in [-0.4, -0.2) is 33.0 Å². The van der Waals surface area contributed by atoms with Gasteiger partial charge in [-0.25, -0.2) is 0 Å². The van der Waals surface area contributed by atoms with E-state index >= 15 is 0 Å². The molecule has 26 heavy (non-hydrogen) atoms. The topological polar surface area (TPSA) is 73.0 Å². The van der Waals surface area contributed by atoms with Crippen LogP contribution in [0.4, 0.5) is 0 Å². The van der Waals surface area contributed by atoms with Crippen molar-refractivity contribution >= 4 is 33.6 Å². The van der Waals surface area contributed by atoms with Crippen molar-refractivity contribution in [3.05, 3.63) is 52.7 Å². The molecule has 1 amide bonds. The summed E-state index contributed by atoms with van der Waals surface area (Å²) in [4.78, 5) is 11.8. The Labute approximate surface area is 163 Å². The molecule has 0 spiro atoms. The van der Waals surface area contributed by atoms with Crippen molar-refractivity contribution in [1.29, 1.82) is 0 Å². The van der Waals surface area contributed by atoms with Gasteiger partial charge >= 0.3 is 0 Å². The zero-order valence-corrected chi connectivity index (χ0v) is 16.1. The normalized spacial score (nSPS) is 10.5. The maximum absolute atomic E-state index is 11.8. The standard InChI is InChI=1S/C18H15BrN4O2S/c1-2-10-20-16(24)12-26-18-22-21-17(14-8-9-15(19)25-14)23(18)11-13-6-4-3-5-7-13/h1,3-9H,10-12H2,(H,20,24). The van der Waals surface area contributed by atoms with Crippen LogP contribution in [-0.2, 0) is 11.3 Å². The Morgan fingerprint density at radius 2 is 2.08 bits per heavy atom. The number of rotatable bonds is 7. The monoisotopic (exact) mass is 430 g/mol. The summed E-state index contributed by atoms with van der Waals surface area (Å²) < 4.78 is 8.17. The van der Waals surface area contributed by atoms with Gasteiger partial charge in [-0.1, -0.05) is 48.0 Å². The summed E-state index contributed by atoms with van der Waals surface area (Å²) in [5.41, 5.74) is 1.10. The minimum absolute atomic E-state index is 0.149. The van der Waals surface area contributed by atoms with Crippen LogP contribution in [0.2, 0.25) is 0 Å². The molecule has 2 heterocycles. The molecule has 0 bridgehead atoms. The highest BCUT2D eigenvalue weighted by atomic mass is 79.9. The molecule has 6 nitrogen and oxygen atoms in total. The second kappa shape index (κ2) is 8.74. The van der Waals surface area contributed by atoms with E-state index in [1.165, 1.54) is 11.8 Å². The van der Waals surface area contributed by atoms with Crippen molar-refractivity contribution in [3.63, 3.8) is 0 Å². The van der Waals surface area contributed by atoms with Crippen LogP contribution in [0.25, 0.3) is 11.6 Å². The van der Waals surface area contributed by atoms with Crippen LogP contribution in [0, 0.1) is 12.3 Å². The number of terminal acetylenes is 1. The van der Waals surface area contributed by atoms with Crippen molar-refractivity contribution in [1.82, 2.24) is 20.1 Å². The Balaban J connectivity index is 1.85. The zero-order valence-electron chi connectivity index (χ0n) is 13.7. The predicted molar refractivity (Wildman–Crippen MR) is 104 cm³/mol. The highest BCUT2D eigenvalue weighted by Gasteiger charge is 2.18. The number of carbonyl (C=O) groups is 1. The number of aromatic nitrogens is 3. The molecule has 3 aromatic rings. The van der Waals surface area contributed by atoms with Crippen molar-refractivity contribution in [2.45, 2.75) is 11.7 Å². The molecule has 0 aliphatic rings. The molecule has 1 aromatic carbocycles. The van der Waals surface area contributed by atoms with Crippen molar-refractivity contribution in [2.75, 3.05) is 12.3 Å². The second-order valence-corrected chi connectivity index (χ2v) is 6.98. The first-order valence-corrected chi connectivity index (χ1v) is 9.51. The number of hydrogen-bond donors (Lipinski definition) is 1. The molecule has 0 radical (unpaired) electrons. The average molecular weight is 431 g/mol. The van der Waals surface area contributed by atoms with Gasteiger partial charge in [-0.2, -0.15) is 0 Å². The van der Waals surface area contributed by atoms with Gasteiger partial charge in [0.2, 0.25) is 11.7 Å². The molecule has 2 aromatic heterocycles. The summed E-state index contributed by atoms with van der Waals surface area (Å²) in [6.45, 7) is 0.775. The minimum Gasteiger partial charge on any atom is -0.446 e. The smallest absolute Gasteiger partial charge is 0.231 e. The maximum Gasteiger partial charge on any atom is 0.231 e. The first-order chi connectivity index (χ1) is 12.7. The number of nitrogens with one attached hydrogen (secondary N) is 1. The first kappa shape index (κ1) is 18.3. The van der Waals surface area contributed by atoms with Crippen LogP contribution in [0.1, 0.15) is 5.56 Å². The summed E-state index contributed by atoms with van der Waals surface area (Å²) in [5.74, 6) is 3.64. The molecule has 0 saturated heterocycles. The van der Waals surface area contributed by atoms with Gasteiger partial charge in [-0.15, -0.1) is 16.6 Å².